The normalized spacial score (nSPS) is 20.4. The molecule has 0 saturated carbocycles. The zero-order chi connectivity index (χ0) is 11.4. The van der Waals surface area contributed by atoms with Crippen molar-refractivity contribution < 1.29 is 9.53 Å². The second-order valence-electron chi connectivity index (χ2n) is 3.57. The van der Waals surface area contributed by atoms with Crippen molar-refractivity contribution in [1.29, 1.82) is 0 Å². The minimum absolute atomic E-state index is 0.184. The van der Waals surface area contributed by atoms with Crippen LogP contribution in [0.15, 0.2) is 12.4 Å². The number of ether oxygens (including phenoxy) is 1. The molecule has 1 amide bonds. The Morgan fingerprint density at radius 3 is 3.06 bits per heavy atom. The van der Waals surface area contributed by atoms with E-state index in [0.717, 1.165) is 19.3 Å². The van der Waals surface area contributed by atoms with Gasteiger partial charge in [0.15, 0.2) is 5.82 Å². The summed E-state index contributed by atoms with van der Waals surface area (Å²) in [5.74, 6) is 0.169. The molecule has 1 aromatic heterocycles. The van der Waals surface area contributed by atoms with Crippen LogP contribution in [0.2, 0.25) is 5.15 Å². The van der Waals surface area contributed by atoms with Crippen molar-refractivity contribution in [2.24, 2.45) is 0 Å². The van der Waals surface area contributed by atoms with Gasteiger partial charge in [-0.3, -0.25) is 9.78 Å². The lowest BCUT2D eigenvalue weighted by molar-refractivity contribution is -0.130. The fraction of sp³-hybridized carbons (Fsp3) is 0.500. The molecule has 16 heavy (non-hydrogen) atoms. The Labute approximate surface area is 98.2 Å². The van der Waals surface area contributed by atoms with E-state index in [1.54, 1.807) is 0 Å². The number of aromatic nitrogens is 2. The molecular weight excluding hydrogens is 230 g/mol. The van der Waals surface area contributed by atoms with Gasteiger partial charge >= 0.3 is 0 Å². The van der Waals surface area contributed by atoms with Crippen LogP contribution in [-0.4, -0.2) is 28.6 Å². The Morgan fingerprint density at radius 2 is 2.38 bits per heavy atom. The topological polar surface area (TPSA) is 64.1 Å². The van der Waals surface area contributed by atoms with Gasteiger partial charge in [0.2, 0.25) is 0 Å². The van der Waals surface area contributed by atoms with Gasteiger partial charge in [0, 0.05) is 6.61 Å². The smallest absolute Gasteiger partial charge is 0.254 e. The van der Waals surface area contributed by atoms with Crippen LogP contribution < -0.4 is 5.32 Å². The summed E-state index contributed by atoms with van der Waals surface area (Å²) in [6.45, 7) is 0.638. The number of anilines is 1. The molecule has 1 unspecified atom stereocenters. The molecular formula is C10H12ClN3O2. The van der Waals surface area contributed by atoms with Crippen LogP contribution in [0.5, 0.6) is 0 Å². The summed E-state index contributed by atoms with van der Waals surface area (Å²) in [7, 11) is 0. The molecule has 1 saturated heterocycles. The Balaban J connectivity index is 1.96. The molecule has 0 aliphatic carbocycles. The molecule has 1 atom stereocenters. The van der Waals surface area contributed by atoms with Crippen molar-refractivity contribution in [2.45, 2.75) is 25.4 Å². The molecule has 1 N–H and O–H groups in total. The predicted molar refractivity (Wildman–Crippen MR) is 59.3 cm³/mol. The van der Waals surface area contributed by atoms with E-state index in [2.05, 4.69) is 15.3 Å². The van der Waals surface area contributed by atoms with Gasteiger partial charge in [-0.1, -0.05) is 11.6 Å². The number of hydrogen-bond acceptors (Lipinski definition) is 4. The van der Waals surface area contributed by atoms with E-state index in [9.17, 15) is 4.79 Å². The average molecular weight is 242 g/mol. The summed E-state index contributed by atoms with van der Waals surface area (Å²) >= 11 is 5.66. The number of nitrogens with zero attached hydrogens (tertiary/aromatic N) is 2. The quantitative estimate of drug-likeness (QED) is 0.855. The second kappa shape index (κ2) is 5.23. The third-order valence-corrected chi connectivity index (χ3v) is 2.51. The first-order valence-corrected chi connectivity index (χ1v) is 5.53. The number of carbonyl (C=O) groups excluding carboxylic acids is 1. The molecule has 2 heterocycles. The summed E-state index contributed by atoms with van der Waals surface area (Å²) in [5, 5.41) is 2.88. The molecule has 0 aromatic carbocycles. The Kier molecular flexibility index (Phi) is 3.69. The highest BCUT2D eigenvalue weighted by molar-refractivity contribution is 6.29. The molecule has 6 heteroatoms. The van der Waals surface area contributed by atoms with Crippen molar-refractivity contribution in [2.75, 3.05) is 11.9 Å². The third kappa shape index (κ3) is 2.90. The first-order valence-electron chi connectivity index (χ1n) is 5.16. The first kappa shape index (κ1) is 11.3. The average Bonchev–Trinajstić information content (AvgIpc) is 2.30. The minimum Gasteiger partial charge on any atom is -0.368 e. The maximum Gasteiger partial charge on any atom is 0.254 e. The second-order valence-corrected chi connectivity index (χ2v) is 3.96. The predicted octanol–water partition coefficient (Wildman–Crippen LogP) is 1.64. The molecule has 5 nitrogen and oxygen atoms in total. The molecule has 0 bridgehead atoms. The van der Waals surface area contributed by atoms with Gasteiger partial charge < -0.3 is 10.1 Å². The van der Waals surface area contributed by atoms with E-state index in [-0.39, 0.29) is 17.2 Å². The number of hydrogen-bond donors (Lipinski definition) is 1. The van der Waals surface area contributed by atoms with Crippen LogP contribution in [0.25, 0.3) is 0 Å². The zero-order valence-corrected chi connectivity index (χ0v) is 9.41. The molecule has 86 valence electrons. The number of carbonyl (C=O) groups is 1. The van der Waals surface area contributed by atoms with E-state index >= 15 is 0 Å². The SMILES string of the molecule is O=C(Nc1cncc(Cl)n1)C1CCCCO1. The van der Waals surface area contributed by atoms with Crippen LogP contribution >= 0.6 is 11.6 Å². The monoisotopic (exact) mass is 241 g/mol. The lowest BCUT2D eigenvalue weighted by Crippen LogP contribution is -2.33. The molecule has 1 fully saturated rings. The molecule has 2 rings (SSSR count). The van der Waals surface area contributed by atoms with E-state index in [0.29, 0.717) is 12.4 Å². The third-order valence-electron chi connectivity index (χ3n) is 2.33. The van der Waals surface area contributed by atoms with E-state index < -0.39 is 0 Å². The van der Waals surface area contributed by atoms with Gasteiger partial charge in [-0.25, -0.2) is 4.98 Å². The first-order chi connectivity index (χ1) is 7.75. The standard InChI is InChI=1S/C10H12ClN3O2/c11-8-5-12-6-9(13-8)14-10(15)7-3-1-2-4-16-7/h5-7H,1-4H2,(H,13,14,15). The largest absolute Gasteiger partial charge is 0.368 e. The number of rotatable bonds is 2. The maximum absolute atomic E-state index is 11.7. The van der Waals surface area contributed by atoms with Gasteiger partial charge in [-0.05, 0) is 19.3 Å². The van der Waals surface area contributed by atoms with Crippen LogP contribution in [0.4, 0.5) is 5.82 Å². The maximum atomic E-state index is 11.7. The van der Waals surface area contributed by atoms with Gasteiger partial charge in [0.25, 0.3) is 5.91 Å². The molecule has 1 aromatic rings. The summed E-state index contributed by atoms with van der Waals surface area (Å²) < 4.78 is 5.35. The van der Waals surface area contributed by atoms with Crippen LogP contribution in [-0.2, 0) is 9.53 Å². The Hall–Kier alpha value is -1.20. The van der Waals surface area contributed by atoms with Gasteiger partial charge in [-0.15, -0.1) is 0 Å². The Morgan fingerprint density at radius 1 is 1.50 bits per heavy atom. The zero-order valence-electron chi connectivity index (χ0n) is 8.65. The molecule has 1 aliphatic heterocycles. The van der Waals surface area contributed by atoms with E-state index in [1.807, 2.05) is 0 Å². The summed E-state index contributed by atoms with van der Waals surface area (Å²) in [6.07, 6.45) is 5.26. The van der Waals surface area contributed by atoms with Crippen LogP contribution in [0, 0.1) is 0 Å². The Bertz CT molecular complexity index is 380. The molecule has 0 radical (unpaired) electrons. The van der Waals surface area contributed by atoms with E-state index in [1.165, 1.54) is 12.4 Å². The highest BCUT2D eigenvalue weighted by Gasteiger charge is 2.22. The summed E-state index contributed by atoms with van der Waals surface area (Å²) in [6, 6.07) is 0. The van der Waals surface area contributed by atoms with Crippen LogP contribution in [0.1, 0.15) is 19.3 Å². The number of amides is 1. The summed E-state index contributed by atoms with van der Waals surface area (Å²) in [5.41, 5.74) is 0. The van der Waals surface area contributed by atoms with E-state index in [4.69, 9.17) is 16.3 Å². The van der Waals surface area contributed by atoms with Crippen molar-refractivity contribution in [3.63, 3.8) is 0 Å². The fourth-order valence-corrected chi connectivity index (χ4v) is 1.70. The van der Waals surface area contributed by atoms with Crippen molar-refractivity contribution in [3.05, 3.63) is 17.5 Å². The summed E-state index contributed by atoms with van der Waals surface area (Å²) in [4.78, 5) is 19.5. The molecule has 1 aliphatic rings. The highest BCUT2D eigenvalue weighted by Crippen LogP contribution is 2.14. The van der Waals surface area contributed by atoms with Crippen LogP contribution in [0.3, 0.4) is 0 Å². The highest BCUT2D eigenvalue weighted by atomic mass is 35.5. The van der Waals surface area contributed by atoms with Crippen molar-refractivity contribution in [1.82, 2.24) is 9.97 Å². The van der Waals surface area contributed by atoms with Gasteiger partial charge in [0.05, 0.1) is 12.4 Å². The van der Waals surface area contributed by atoms with Crippen molar-refractivity contribution in [3.8, 4) is 0 Å². The molecule has 0 spiro atoms. The lowest BCUT2D eigenvalue weighted by atomic mass is 10.1. The van der Waals surface area contributed by atoms with Gasteiger partial charge in [0.1, 0.15) is 11.3 Å². The van der Waals surface area contributed by atoms with Crippen molar-refractivity contribution >= 4 is 23.3 Å². The minimum atomic E-state index is -0.380. The number of halogens is 1. The lowest BCUT2D eigenvalue weighted by Gasteiger charge is -2.21. The van der Waals surface area contributed by atoms with Gasteiger partial charge in [-0.2, -0.15) is 0 Å². The number of nitrogens with one attached hydrogen (secondary N) is 1. The fourth-order valence-electron chi connectivity index (χ4n) is 1.56.